The maximum atomic E-state index is 10.8. The van der Waals surface area contributed by atoms with Crippen LogP contribution < -0.4 is 5.32 Å². The Labute approximate surface area is 121 Å². The van der Waals surface area contributed by atoms with Crippen LogP contribution in [0.25, 0.3) is 10.8 Å². The number of hydrogen-bond acceptors (Lipinski definition) is 4. The molecule has 3 rings (SSSR count). The monoisotopic (exact) mass is 279 g/mol. The minimum absolute atomic E-state index is 0.0974. The van der Waals surface area contributed by atoms with Gasteiger partial charge in [-0.05, 0) is 17.0 Å². The van der Waals surface area contributed by atoms with Gasteiger partial charge in [0.15, 0.2) is 0 Å². The van der Waals surface area contributed by atoms with Gasteiger partial charge >= 0.3 is 0 Å². The van der Waals surface area contributed by atoms with E-state index in [1.54, 1.807) is 18.3 Å². The summed E-state index contributed by atoms with van der Waals surface area (Å²) >= 11 is 0. The van der Waals surface area contributed by atoms with Gasteiger partial charge in [0.1, 0.15) is 5.82 Å². The summed E-state index contributed by atoms with van der Waals surface area (Å²) in [6.45, 7) is 0.489. The number of aromatic nitrogens is 1. The highest BCUT2D eigenvalue weighted by molar-refractivity contribution is 5.91. The Balaban J connectivity index is 1.84. The highest BCUT2D eigenvalue weighted by atomic mass is 16.6. The molecule has 3 aromatic rings. The lowest BCUT2D eigenvalue weighted by molar-refractivity contribution is -0.384. The first kappa shape index (κ1) is 13.1. The van der Waals surface area contributed by atoms with Crippen molar-refractivity contribution in [3.63, 3.8) is 0 Å². The predicted molar refractivity (Wildman–Crippen MR) is 82.2 cm³/mol. The number of pyridine rings is 1. The zero-order valence-corrected chi connectivity index (χ0v) is 11.2. The van der Waals surface area contributed by atoms with Crippen molar-refractivity contribution >= 4 is 22.3 Å². The van der Waals surface area contributed by atoms with Crippen LogP contribution in [0.2, 0.25) is 0 Å². The predicted octanol–water partition coefficient (Wildman–Crippen LogP) is 3.76. The smallest absolute Gasteiger partial charge is 0.269 e. The van der Waals surface area contributed by atoms with E-state index < -0.39 is 0 Å². The molecule has 1 N–H and O–H groups in total. The highest BCUT2D eigenvalue weighted by Gasteiger charge is 2.06. The van der Waals surface area contributed by atoms with Crippen molar-refractivity contribution in [2.24, 2.45) is 0 Å². The molecule has 2 aromatic carbocycles. The first-order valence-electron chi connectivity index (χ1n) is 6.55. The average Bonchev–Trinajstić information content (AvgIpc) is 2.53. The minimum Gasteiger partial charge on any atom is -0.365 e. The molecule has 0 saturated heterocycles. The number of anilines is 1. The summed E-state index contributed by atoms with van der Waals surface area (Å²) < 4.78 is 0. The Morgan fingerprint density at radius 2 is 1.95 bits per heavy atom. The second-order valence-corrected chi connectivity index (χ2v) is 4.66. The Morgan fingerprint density at radius 3 is 2.81 bits per heavy atom. The Hall–Kier alpha value is -2.95. The number of non-ortho nitro benzene ring substituents is 1. The average molecular weight is 279 g/mol. The molecule has 0 saturated carbocycles. The zero-order chi connectivity index (χ0) is 14.7. The lowest BCUT2D eigenvalue weighted by atomic mass is 10.1. The molecule has 0 bridgehead atoms. The van der Waals surface area contributed by atoms with Crippen molar-refractivity contribution in [3.8, 4) is 0 Å². The number of nitro benzene ring substituents is 1. The van der Waals surface area contributed by atoms with E-state index in [0.717, 1.165) is 22.2 Å². The normalized spacial score (nSPS) is 10.5. The van der Waals surface area contributed by atoms with Crippen molar-refractivity contribution in [3.05, 3.63) is 76.5 Å². The van der Waals surface area contributed by atoms with Crippen LogP contribution in [-0.4, -0.2) is 9.91 Å². The van der Waals surface area contributed by atoms with E-state index in [-0.39, 0.29) is 10.6 Å². The van der Waals surface area contributed by atoms with Crippen LogP contribution in [0.4, 0.5) is 11.5 Å². The van der Waals surface area contributed by atoms with Crippen LogP contribution in [0, 0.1) is 10.1 Å². The molecule has 0 radical (unpaired) electrons. The largest absolute Gasteiger partial charge is 0.365 e. The quantitative estimate of drug-likeness (QED) is 0.583. The summed E-state index contributed by atoms with van der Waals surface area (Å²) in [4.78, 5) is 14.7. The number of benzene rings is 2. The fourth-order valence-corrected chi connectivity index (χ4v) is 2.23. The first-order valence-corrected chi connectivity index (χ1v) is 6.55. The van der Waals surface area contributed by atoms with Crippen LogP contribution in [0.3, 0.4) is 0 Å². The summed E-state index contributed by atoms with van der Waals surface area (Å²) in [6.07, 6.45) is 1.75. The van der Waals surface area contributed by atoms with Crippen molar-refractivity contribution in [1.82, 2.24) is 4.98 Å². The molecule has 0 aliphatic rings. The SMILES string of the molecule is O=[N+]([O-])c1cccc(CNc2nccc3ccccc23)c1. The van der Waals surface area contributed by atoms with Gasteiger partial charge in [-0.15, -0.1) is 0 Å². The third kappa shape index (κ3) is 2.81. The topological polar surface area (TPSA) is 68.1 Å². The van der Waals surface area contributed by atoms with Crippen LogP contribution in [0.15, 0.2) is 60.8 Å². The maximum Gasteiger partial charge on any atom is 0.269 e. The summed E-state index contributed by atoms with van der Waals surface area (Å²) in [6, 6.07) is 16.5. The Bertz CT molecular complexity index is 797. The van der Waals surface area contributed by atoms with Crippen molar-refractivity contribution < 1.29 is 4.92 Å². The molecule has 0 atom stereocenters. The molecule has 5 heteroatoms. The fraction of sp³-hybridized carbons (Fsp3) is 0.0625. The second-order valence-electron chi connectivity index (χ2n) is 4.66. The van der Waals surface area contributed by atoms with Crippen molar-refractivity contribution in [1.29, 1.82) is 0 Å². The van der Waals surface area contributed by atoms with Gasteiger partial charge in [0.05, 0.1) is 4.92 Å². The summed E-state index contributed by atoms with van der Waals surface area (Å²) in [7, 11) is 0. The minimum atomic E-state index is -0.389. The molecule has 0 fully saturated rings. The third-order valence-electron chi connectivity index (χ3n) is 3.25. The van der Waals surface area contributed by atoms with E-state index in [2.05, 4.69) is 10.3 Å². The van der Waals surface area contributed by atoms with Gasteiger partial charge < -0.3 is 5.32 Å². The third-order valence-corrected chi connectivity index (χ3v) is 3.25. The van der Waals surface area contributed by atoms with Crippen LogP contribution in [0.5, 0.6) is 0 Å². The van der Waals surface area contributed by atoms with Gasteiger partial charge in [0.25, 0.3) is 5.69 Å². The Morgan fingerprint density at radius 1 is 1.10 bits per heavy atom. The van der Waals surface area contributed by atoms with E-state index in [0.29, 0.717) is 6.54 Å². The molecule has 21 heavy (non-hydrogen) atoms. The fourth-order valence-electron chi connectivity index (χ4n) is 2.23. The van der Waals surface area contributed by atoms with Gasteiger partial charge in [-0.25, -0.2) is 4.98 Å². The first-order chi connectivity index (χ1) is 10.2. The van der Waals surface area contributed by atoms with Crippen LogP contribution in [-0.2, 0) is 6.54 Å². The van der Waals surface area contributed by atoms with E-state index in [1.165, 1.54) is 6.07 Å². The molecule has 0 amide bonds. The number of nitro groups is 1. The van der Waals surface area contributed by atoms with Gasteiger partial charge in [0.2, 0.25) is 0 Å². The molecule has 0 spiro atoms. The van der Waals surface area contributed by atoms with Gasteiger partial charge in [-0.1, -0.05) is 36.4 Å². The van der Waals surface area contributed by atoms with Gasteiger partial charge in [0, 0.05) is 30.3 Å². The van der Waals surface area contributed by atoms with Crippen LogP contribution in [0.1, 0.15) is 5.56 Å². The molecular weight excluding hydrogens is 266 g/mol. The molecule has 0 unspecified atom stereocenters. The molecule has 0 aliphatic carbocycles. The summed E-state index contributed by atoms with van der Waals surface area (Å²) in [5, 5.41) is 16.1. The van der Waals surface area contributed by atoms with Gasteiger partial charge in [-0.3, -0.25) is 10.1 Å². The summed E-state index contributed by atoms with van der Waals surface area (Å²) in [5.41, 5.74) is 0.944. The zero-order valence-electron chi connectivity index (χ0n) is 11.2. The molecule has 0 aliphatic heterocycles. The van der Waals surface area contributed by atoms with E-state index in [9.17, 15) is 10.1 Å². The van der Waals surface area contributed by atoms with Crippen LogP contribution >= 0.6 is 0 Å². The standard InChI is InChI=1S/C16H13N3O2/c20-19(21)14-6-3-4-12(10-14)11-18-16-15-7-2-1-5-13(15)8-9-17-16/h1-10H,11H2,(H,17,18). The second kappa shape index (κ2) is 5.58. The number of nitrogens with one attached hydrogen (secondary N) is 1. The molecular formula is C16H13N3O2. The van der Waals surface area contributed by atoms with Gasteiger partial charge in [-0.2, -0.15) is 0 Å². The van der Waals surface area contributed by atoms with E-state index >= 15 is 0 Å². The van der Waals surface area contributed by atoms with Crippen molar-refractivity contribution in [2.75, 3.05) is 5.32 Å². The molecule has 1 aromatic heterocycles. The number of fused-ring (bicyclic) bond motifs is 1. The number of nitrogens with zero attached hydrogens (tertiary/aromatic N) is 2. The molecule has 1 heterocycles. The number of rotatable bonds is 4. The van der Waals surface area contributed by atoms with Crippen molar-refractivity contribution in [2.45, 2.75) is 6.54 Å². The molecule has 104 valence electrons. The van der Waals surface area contributed by atoms with E-state index in [1.807, 2.05) is 36.4 Å². The highest BCUT2D eigenvalue weighted by Crippen LogP contribution is 2.21. The lowest BCUT2D eigenvalue weighted by Gasteiger charge is -2.08. The maximum absolute atomic E-state index is 10.8. The lowest BCUT2D eigenvalue weighted by Crippen LogP contribution is -2.02. The van der Waals surface area contributed by atoms with E-state index in [4.69, 9.17) is 0 Å². The summed E-state index contributed by atoms with van der Waals surface area (Å²) in [5.74, 6) is 0.777. The Kier molecular flexibility index (Phi) is 3.47. The number of hydrogen-bond donors (Lipinski definition) is 1. The molecule has 5 nitrogen and oxygen atoms in total.